The zero-order valence-corrected chi connectivity index (χ0v) is 10.9. The molecular weight excluding hydrogens is 184 g/mol. The second-order valence-electron chi connectivity index (χ2n) is 5.64. The van der Waals surface area contributed by atoms with Crippen LogP contribution in [-0.2, 0) is 0 Å². The Morgan fingerprint density at radius 2 is 2.00 bits per heavy atom. The highest BCUT2D eigenvalue weighted by Crippen LogP contribution is 2.11. The largest absolute Gasteiger partial charge is 0.310 e. The number of nitrogens with one attached hydrogen (secondary N) is 1. The molecule has 0 aliphatic carbocycles. The van der Waals surface area contributed by atoms with Gasteiger partial charge in [-0.05, 0) is 39.3 Å². The van der Waals surface area contributed by atoms with Gasteiger partial charge in [-0.15, -0.1) is 0 Å². The quantitative estimate of drug-likeness (QED) is 0.728. The third-order valence-corrected chi connectivity index (χ3v) is 3.33. The molecule has 0 amide bonds. The van der Waals surface area contributed by atoms with Gasteiger partial charge < -0.3 is 10.2 Å². The lowest BCUT2D eigenvalue weighted by molar-refractivity contribution is 0.373. The molecule has 2 heteroatoms. The van der Waals surface area contributed by atoms with Gasteiger partial charge in [0.15, 0.2) is 0 Å². The Labute approximate surface area is 95.4 Å². The number of likely N-dealkylation sites (N-methyl/N-ethyl adjacent to an activating group) is 1. The molecule has 90 valence electrons. The summed E-state index contributed by atoms with van der Waals surface area (Å²) in [5, 5.41) is 3.74. The van der Waals surface area contributed by atoms with Crippen molar-refractivity contribution in [2.45, 2.75) is 58.5 Å². The highest BCUT2D eigenvalue weighted by molar-refractivity contribution is 4.81. The Morgan fingerprint density at radius 1 is 1.27 bits per heavy atom. The molecule has 0 spiro atoms. The molecule has 2 atom stereocenters. The maximum atomic E-state index is 3.74. The van der Waals surface area contributed by atoms with E-state index in [1.807, 2.05) is 0 Å². The molecule has 15 heavy (non-hydrogen) atoms. The zero-order chi connectivity index (χ0) is 11.3. The van der Waals surface area contributed by atoms with E-state index in [2.05, 4.69) is 38.0 Å². The number of nitrogens with zero attached hydrogens (tertiary/aromatic N) is 1. The maximum Gasteiger partial charge on any atom is 0.0209 e. The number of hydrogen-bond acceptors (Lipinski definition) is 2. The molecule has 1 rings (SSSR count). The lowest BCUT2D eigenvalue weighted by Gasteiger charge is -2.19. The van der Waals surface area contributed by atoms with Crippen LogP contribution in [0.1, 0.15) is 46.5 Å². The van der Waals surface area contributed by atoms with Gasteiger partial charge in [0.05, 0.1) is 0 Å². The molecule has 0 aromatic carbocycles. The smallest absolute Gasteiger partial charge is 0.0209 e. The molecule has 1 aliphatic rings. The lowest BCUT2D eigenvalue weighted by Crippen LogP contribution is -2.38. The van der Waals surface area contributed by atoms with E-state index in [-0.39, 0.29) is 0 Å². The lowest BCUT2D eigenvalue weighted by atomic mass is 10.0. The van der Waals surface area contributed by atoms with Crippen molar-refractivity contribution in [3.05, 3.63) is 0 Å². The van der Waals surface area contributed by atoms with Crippen molar-refractivity contribution < 1.29 is 0 Å². The first-order valence-electron chi connectivity index (χ1n) is 6.52. The van der Waals surface area contributed by atoms with E-state index in [0.717, 1.165) is 12.0 Å². The van der Waals surface area contributed by atoms with Gasteiger partial charge in [0.1, 0.15) is 0 Å². The van der Waals surface area contributed by atoms with Crippen LogP contribution < -0.4 is 5.32 Å². The Morgan fingerprint density at radius 3 is 2.53 bits per heavy atom. The molecule has 1 saturated heterocycles. The number of likely N-dealkylation sites (tertiary alicyclic amines) is 1. The van der Waals surface area contributed by atoms with Crippen molar-refractivity contribution in [1.29, 1.82) is 0 Å². The van der Waals surface area contributed by atoms with Crippen LogP contribution in [0.3, 0.4) is 0 Å². The molecule has 2 unspecified atom stereocenters. The molecular formula is C13H28N2. The molecule has 2 nitrogen and oxygen atoms in total. The van der Waals surface area contributed by atoms with Gasteiger partial charge in [0, 0.05) is 18.6 Å². The van der Waals surface area contributed by atoms with Gasteiger partial charge in [0.2, 0.25) is 0 Å². The summed E-state index contributed by atoms with van der Waals surface area (Å²) in [7, 11) is 2.21. The summed E-state index contributed by atoms with van der Waals surface area (Å²) in [6.45, 7) is 9.44. The average molecular weight is 212 g/mol. The van der Waals surface area contributed by atoms with Crippen molar-refractivity contribution in [3.8, 4) is 0 Å². The van der Waals surface area contributed by atoms with Crippen LogP contribution in [0, 0.1) is 5.92 Å². The standard InChI is InChI=1S/C13H28N2/c1-11(2)6-5-7-12(3)14-13-8-9-15(4)10-13/h11-14H,5-10H2,1-4H3. The fourth-order valence-corrected chi connectivity index (χ4v) is 2.39. The number of rotatable bonds is 6. The monoisotopic (exact) mass is 212 g/mol. The van der Waals surface area contributed by atoms with Crippen molar-refractivity contribution in [2.75, 3.05) is 20.1 Å². The van der Waals surface area contributed by atoms with Crippen LogP contribution in [0.15, 0.2) is 0 Å². The minimum Gasteiger partial charge on any atom is -0.310 e. The van der Waals surface area contributed by atoms with Crippen molar-refractivity contribution in [2.24, 2.45) is 5.92 Å². The molecule has 1 N–H and O–H groups in total. The second-order valence-corrected chi connectivity index (χ2v) is 5.64. The van der Waals surface area contributed by atoms with Crippen LogP contribution in [-0.4, -0.2) is 37.1 Å². The van der Waals surface area contributed by atoms with Crippen LogP contribution >= 0.6 is 0 Å². The Balaban J connectivity index is 2.05. The van der Waals surface area contributed by atoms with E-state index < -0.39 is 0 Å². The van der Waals surface area contributed by atoms with Gasteiger partial charge in [-0.1, -0.05) is 26.7 Å². The normalized spacial score (nSPS) is 25.0. The Kier molecular flexibility index (Phi) is 5.62. The van der Waals surface area contributed by atoms with E-state index in [1.54, 1.807) is 0 Å². The van der Waals surface area contributed by atoms with Gasteiger partial charge >= 0.3 is 0 Å². The molecule has 1 heterocycles. The van der Waals surface area contributed by atoms with Crippen molar-refractivity contribution in [1.82, 2.24) is 10.2 Å². The SMILES string of the molecule is CC(C)CCCC(C)NC1CCN(C)C1. The summed E-state index contributed by atoms with van der Waals surface area (Å²) in [5.41, 5.74) is 0. The average Bonchev–Trinajstić information content (AvgIpc) is 2.50. The molecule has 0 radical (unpaired) electrons. The fourth-order valence-electron chi connectivity index (χ4n) is 2.39. The fraction of sp³-hybridized carbons (Fsp3) is 1.00. The predicted octanol–water partition coefficient (Wildman–Crippen LogP) is 2.49. The highest BCUT2D eigenvalue weighted by Gasteiger charge is 2.20. The summed E-state index contributed by atoms with van der Waals surface area (Å²) in [6.07, 6.45) is 5.40. The summed E-state index contributed by atoms with van der Waals surface area (Å²) in [4.78, 5) is 2.42. The predicted molar refractivity (Wildman–Crippen MR) is 67.2 cm³/mol. The summed E-state index contributed by atoms with van der Waals surface area (Å²) < 4.78 is 0. The third kappa shape index (κ3) is 5.53. The molecule has 0 bridgehead atoms. The maximum absolute atomic E-state index is 3.74. The summed E-state index contributed by atoms with van der Waals surface area (Å²) >= 11 is 0. The molecule has 0 aromatic rings. The van der Waals surface area contributed by atoms with Crippen molar-refractivity contribution >= 4 is 0 Å². The first kappa shape index (κ1) is 13.0. The van der Waals surface area contributed by atoms with Crippen LogP contribution in [0.5, 0.6) is 0 Å². The number of hydrogen-bond donors (Lipinski definition) is 1. The second kappa shape index (κ2) is 6.49. The topological polar surface area (TPSA) is 15.3 Å². The van der Waals surface area contributed by atoms with Crippen LogP contribution in [0.4, 0.5) is 0 Å². The van der Waals surface area contributed by atoms with Crippen LogP contribution in [0.25, 0.3) is 0 Å². The van der Waals surface area contributed by atoms with Crippen molar-refractivity contribution in [3.63, 3.8) is 0 Å². The molecule has 0 saturated carbocycles. The van der Waals surface area contributed by atoms with Gasteiger partial charge in [-0.2, -0.15) is 0 Å². The van der Waals surface area contributed by atoms with E-state index in [9.17, 15) is 0 Å². The van der Waals surface area contributed by atoms with Gasteiger partial charge in [-0.3, -0.25) is 0 Å². The molecule has 1 aliphatic heterocycles. The minimum absolute atomic E-state index is 0.695. The highest BCUT2D eigenvalue weighted by atomic mass is 15.2. The van der Waals surface area contributed by atoms with E-state index in [0.29, 0.717) is 6.04 Å². The van der Waals surface area contributed by atoms with E-state index in [4.69, 9.17) is 0 Å². The Bertz CT molecular complexity index is 168. The molecule has 0 aromatic heterocycles. The van der Waals surface area contributed by atoms with Gasteiger partial charge in [-0.25, -0.2) is 0 Å². The summed E-state index contributed by atoms with van der Waals surface area (Å²) in [6, 6.07) is 1.43. The first-order valence-corrected chi connectivity index (χ1v) is 6.52. The minimum atomic E-state index is 0.695. The zero-order valence-electron chi connectivity index (χ0n) is 10.9. The third-order valence-electron chi connectivity index (χ3n) is 3.33. The first-order chi connectivity index (χ1) is 7.08. The van der Waals surface area contributed by atoms with Gasteiger partial charge in [0.25, 0.3) is 0 Å². The van der Waals surface area contributed by atoms with E-state index >= 15 is 0 Å². The summed E-state index contributed by atoms with van der Waals surface area (Å²) in [5.74, 6) is 0.856. The van der Waals surface area contributed by atoms with Crippen LogP contribution in [0.2, 0.25) is 0 Å². The van der Waals surface area contributed by atoms with E-state index in [1.165, 1.54) is 38.8 Å². The molecule has 1 fully saturated rings. The Hall–Kier alpha value is -0.0800.